The van der Waals surface area contributed by atoms with Crippen molar-refractivity contribution in [3.05, 3.63) is 35.5 Å². The van der Waals surface area contributed by atoms with E-state index in [1.807, 2.05) is 6.92 Å². The molecule has 0 bridgehead atoms. The van der Waals surface area contributed by atoms with Gasteiger partial charge in [0.15, 0.2) is 0 Å². The quantitative estimate of drug-likeness (QED) is 0.284. The number of carbonyl (C=O) groups is 2. The molecule has 0 aromatic heterocycles. The predicted octanol–water partition coefficient (Wildman–Crippen LogP) is 7.20. The van der Waals surface area contributed by atoms with Crippen molar-refractivity contribution in [3.63, 3.8) is 0 Å². The summed E-state index contributed by atoms with van der Waals surface area (Å²) in [4.78, 5) is 24.1. The number of fused-ring (bicyclic) bond motifs is 2. The molecule has 0 N–H and O–H groups in total. The summed E-state index contributed by atoms with van der Waals surface area (Å²) in [5.41, 5.74) is 4.64. The summed E-state index contributed by atoms with van der Waals surface area (Å²) < 4.78 is 10.7. The highest BCUT2D eigenvalue weighted by atomic mass is 16.6. The van der Waals surface area contributed by atoms with E-state index >= 15 is 0 Å². The molecular formula is C31H46O4. The van der Waals surface area contributed by atoms with Gasteiger partial charge < -0.3 is 9.47 Å². The summed E-state index contributed by atoms with van der Waals surface area (Å²) >= 11 is 0. The summed E-state index contributed by atoms with van der Waals surface area (Å²) in [6, 6.07) is 0. The molecule has 3 aliphatic carbocycles. The number of hydrogen-bond acceptors (Lipinski definition) is 4. The number of allylic oxidation sites excluding steroid dienone is 5. The van der Waals surface area contributed by atoms with Gasteiger partial charge in [-0.25, -0.2) is 0 Å². The van der Waals surface area contributed by atoms with Gasteiger partial charge in [0.1, 0.15) is 6.10 Å². The summed E-state index contributed by atoms with van der Waals surface area (Å²) in [5, 5.41) is 0. The Balaban J connectivity index is 1.65. The highest BCUT2D eigenvalue weighted by Crippen LogP contribution is 2.68. The molecule has 0 amide bonds. The van der Waals surface area contributed by atoms with E-state index in [9.17, 15) is 9.59 Å². The van der Waals surface area contributed by atoms with E-state index in [1.54, 1.807) is 5.57 Å². The van der Waals surface area contributed by atoms with Crippen molar-refractivity contribution in [3.8, 4) is 0 Å². The van der Waals surface area contributed by atoms with Crippen LogP contribution in [0.25, 0.3) is 0 Å². The third-order valence-corrected chi connectivity index (χ3v) is 11.1. The van der Waals surface area contributed by atoms with Gasteiger partial charge in [-0.1, -0.05) is 64.5 Å². The van der Waals surface area contributed by atoms with Gasteiger partial charge in [0.05, 0.1) is 13.0 Å². The first kappa shape index (κ1) is 26.2. The largest absolute Gasteiger partial charge is 0.469 e. The van der Waals surface area contributed by atoms with E-state index in [-0.39, 0.29) is 46.1 Å². The molecule has 0 radical (unpaired) electrons. The number of esters is 2. The first-order valence-corrected chi connectivity index (χ1v) is 13.7. The van der Waals surface area contributed by atoms with Gasteiger partial charge in [0, 0.05) is 12.3 Å². The van der Waals surface area contributed by atoms with E-state index in [1.165, 1.54) is 31.1 Å². The fourth-order valence-electron chi connectivity index (χ4n) is 8.46. The minimum Gasteiger partial charge on any atom is -0.469 e. The Kier molecular flexibility index (Phi) is 6.92. The average molecular weight is 483 g/mol. The third kappa shape index (κ3) is 4.13. The predicted molar refractivity (Wildman–Crippen MR) is 139 cm³/mol. The number of carbonyl (C=O) groups excluding carboxylic acids is 2. The van der Waals surface area contributed by atoms with Crippen LogP contribution in [-0.4, -0.2) is 25.2 Å². The van der Waals surface area contributed by atoms with E-state index in [4.69, 9.17) is 9.47 Å². The summed E-state index contributed by atoms with van der Waals surface area (Å²) in [6.07, 6.45) is 12.6. The van der Waals surface area contributed by atoms with Gasteiger partial charge >= 0.3 is 11.9 Å². The zero-order valence-electron chi connectivity index (χ0n) is 23.0. The van der Waals surface area contributed by atoms with Crippen LogP contribution in [0.5, 0.6) is 0 Å². The average Bonchev–Trinajstić information content (AvgIpc) is 3.27. The first-order valence-electron chi connectivity index (χ1n) is 13.7. The van der Waals surface area contributed by atoms with Crippen molar-refractivity contribution >= 4 is 11.9 Å². The van der Waals surface area contributed by atoms with Crippen LogP contribution in [0.2, 0.25) is 0 Å². The maximum absolute atomic E-state index is 12.1. The normalized spacial score (nSPS) is 41.3. The first-order chi connectivity index (χ1) is 16.4. The molecule has 0 unspecified atom stereocenters. The fourth-order valence-corrected chi connectivity index (χ4v) is 8.46. The lowest BCUT2D eigenvalue weighted by atomic mass is 9.49. The molecule has 0 aromatic rings. The fraction of sp³-hybridized carbons (Fsp3) is 0.742. The third-order valence-electron chi connectivity index (χ3n) is 11.1. The number of rotatable bonds is 7. The standard InChI is InChI=1S/C31H46O4/c1-19(2)24-10-9-23-25(29(24,5)14-13-27(32)34-8)11-16-31(7)26(23)12-15-30(31,6)21(4)18-22-17-20(3)28(33)35-22/h9-10,20-22,24-25H,1,11-18H2,2-8H3/t20-,21-,22+,24+,25-,29+,30+,31-/m1/s1. The number of ether oxygens (including phenoxy) is 2. The van der Waals surface area contributed by atoms with Crippen molar-refractivity contribution in [2.75, 3.05) is 7.11 Å². The van der Waals surface area contributed by atoms with Gasteiger partial charge in [0.25, 0.3) is 0 Å². The van der Waals surface area contributed by atoms with Crippen molar-refractivity contribution in [1.82, 2.24) is 0 Å². The monoisotopic (exact) mass is 482 g/mol. The maximum atomic E-state index is 12.1. The Morgan fingerprint density at radius 3 is 2.60 bits per heavy atom. The molecule has 4 heteroatoms. The molecule has 4 aliphatic rings. The zero-order valence-corrected chi connectivity index (χ0v) is 23.0. The van der Waals surface area contributed by atoms with Crippen LogP contribution in [0.15, 0.2) is 35.5 Å². The second-order valence-corrected chi connectivity index (χ2v) is 12.9. The van der Waals surface area contributed by atoms with E-state index in [0.717, 1.165) is 32.1 Å². The minimum atomic E-state index is -0.125. The second-order valence-electron chi connectivity index (χ2n) is 12.9. The summed E-state index contributed by atoms with van der Waals surface area (Å²) in [7, 11) is 1.48. The summed E-state index contributed by atoms with van der Waals surface area (Å²) in [5.74, 6) is 1.07. The second kappa shape index (κ2) is 9.23. The van der Waals surface area contributed by atoms with Crippen LogP contribution < -0.4 is 0 Å². The Morgan fingerprint density at radius 2 is 2.00 bits per heavy atom. The van der Waals surface area contributed by atoms with Gasteiger partial charge in [-0.05, 0) is 85.5 Å². The van der Waals surface area contributed by atoms with Crippen LogP contribution in [0.3, 0.4) is 0 Å². The molecule has 4 rings (SSSR count). The van der Waals surface area contributed by atoms with Crippen LogP contribution in [0.4, 0.5) is 0 Å². The smallest absolute Gasteiger partial charge is 0.309 e. The van der Waals surface area contributed by atoms with Crippen molar-refractivity contribution in [1.29, 1.82) is 0 Å². The Bertz CT molecular complexity index is 959. The molecule has 35 heavy (non-hydrogen) atoms. The zero-order chi connectivity index (χ0) is 25.8. The van der Waals surface area contributed by atoms with Crippen molar-refractivity contribution in [2.45, 2.75) is 99.0 Å². The van der Waals surface area contributed by atoms with Crippen LogP contribution >= 0.6 is 0 Å². The van der Waals surface area contributed by atoms with Crippen molar-refractivity contribution < 1.29 is 19.1 Å². The molecule has 194 valence electrons. The van der Waals surface area contributed by atoms with E-state index in [2.05, 4.69) is 53.3 Å². The molecule has 1 heterocycles. The van der Waals surface area contributed by atoms with Crippen LogP contribution in [0.1, 0.15) is 92.9 Å². The number of methoxy groups -OCH3 is 1. The lowest BCUT2D eigenvalue weighted by Gasteiger charge is -2.55. The van der Waals surface area contributed by atoms with Gasteiger partial charge in [-0.3, -0.25) is 9.59 Å². The molecule has 1 saturated heterocycles. The Morgan fingerprint density at radius 1 is 1.29 bits per heavy atom. The molecule has 1 aliphatic heterocycles. The van der Waals surface area contributed by atoms with Gasteiger partial charge in [0.2, 0.25) is 0 Å². The highest BCUT2D eigenvalue weighted by molar-refractivity contribution is 5.74. The molecule has 1 saturated carbocycles. The highest BCUT2D eigenvalue weighted by Gasteiger charge is 2.59. The van der Waals surface area contributed by atoms with E-state index < -0.39 is 0 Å². The molecule has 8 atom stereocenters. The maximum Gasteiger partial charge on any atom is 0.309 e. The minimum absolute atomic E-state index is 0.0287. The molecule has 4 nitrogen and oxygen atoms in total. The summed E-state index contributed by atoms with van der Waals surface area (Å²) in [6.45, 7) is 18.2. The number of hydrogen-bond donors (Lipinski definition) is 0. The topological polar surface area (TPSA) is 52.6 Å². The van der Waals surface area contributed by atoms with Crippen LogP contribution in [-0.2, 0) is 19.1 Å². The molecule has 0 spiro atoms. The van der Waals surface area contributed by atoms with Crippen molar-refractivity contribution in [2.24, 2.45) is 39.9 Å². The number of cyclic esters (lactones) is 1. The SMILES string of the molecule is C=C(C)[C@@H]1C=CC2=C3CC[C@@](C)([C@H](C)C[C@@H]4C[C@@H](C)C(=O)O4)[C@]3(C)CC[C@H]2[C@@]1(C)CCC(=O)OC. The molecule has 2 fully saturated rings. The van der Waals surface area contributed by atoms with Gasteiger partial charge in [-0.15, -0.1) is 0 Å². The van der Waals surface area contributed by atoms with Crippen LogP contribution in [0, 0.1) is 39.9 Å². The lowest BCUT2D eigenvalue weighted by Crippen LogP contribution is -2.46. The molecule has 0 aromatic carbocycles. The Labute approximate surface area is 212 Å². The molecular weight excluding hydrogens is 436 g/mol. The van der Waals surface area contributed by atoms with Gasteiger partial charge in [-0.2, -0.15) is 0 Å². The van der Waals surface area contributed by atoms with E-state index in [0.29, 0.717) is 18.3 Å². The Hall–Kier alpha value is -1.84. The lowest BCUT2D eigenvalue weighted by molar-refractivity contribution is -0.145.